The second kappa shape index (κ2) is 7.98. The van der Waals surface area contributed by atoms with Gasteiger partial charge in [-0.25, -0.2) is 9.78 Å². The number of carbonyl (C=O) groups excluding carboxylic acids is 1. The molecular formula is C21H25N5O3. The Labute approximate surface area is 169 Å². The lowest BCUT2D eigenvalue weighted by molar-refractivity contribution is -0.145. The topological polar surface area (TPSA) is 113 Å². The third-order valence-corrected chi connectivity index (χ3v) is 4.80. The van der Waals surface area contributed by atoms with Crippen LogP contribution in [0, 0.1) is 10.8 Å². The number of fused-ring (bicyclic) bond motifs is 3. The zero-order valence-corrected chi connectivity index (χ0v) is 17.0. The Balaban J connectivity index is 1.95. The first-order chi connectivity index (χ1) is 13.8. The summed E-state index contributed by atoms with van der Waals surface area (Å²) in [4.78, 5) is 20.7. The van der Waals surface area contributed by atoms with Crippen molar-refractivity contribution in [2.45, 2.75) is 38.8 Å². The number of rotatable bonds is 6. The van der Waals surface area contributed by atoms with E-state index in [0.29, 0.717) is 30.3 Å². The van der Waals surface area contributed by atoms with Gasteiger partial charge >= 0.3 is 5.97 Å². The molecule has 0 saturated carbocycles. The number of benzene rings is 1. The second-order valence-corrected chi connectivity index (χ2v) is 7.39. The minimum absolute atomic E-state index is 0.407. The van der Waals surface area contributed by atoms with Crippen LogP contribution >= 0.6 is 0 Å². The molecule has 1 aromatic carbocycles. The molecule has 8 nitrogen and oxygen atoms in total. The Bertz CT molecular complexity index is 990. The second-order valence-electron chi connectivity index (χ2n) is 7.39. The van der Waals surface area contributed by atoms with E-state index < -0.39 is 17.4 Å². The molecule has 1 aliphatic rings. The van der Waals surface area contributed by atoms with Crippen LogP contribution in [0.2, 0.25) is 0 Å². The van der Waals surface area contributed by atoms with Crippen molar-refractivity contribution in [1.82, 2.24) is 9.55 Å². The van der Waals surface area contributed by atoms with Gasteiger partial charge in [-0.05, 0) is 38.5 Å². The largest absolute Gasteiger partial charge is 0.491 e. The number of aromatic nitrogens is 2. The summed E-state index contributed by atoms with van der Waals surface area (Å²) in [5.74, 6) is 0.591. The Hall–Kier alpha value is -3.29. The van der Waals surface area contributed by atoms with Gasteiger partial charge in [0.25, 0.3) is 0 Å². The highest BCUT2D eigenvalue weighted by Gasteiger charge is 2.27. The van der Waals surface area contributed by atoms with Crippen molar-refractivity contribution in [1.29, 1.82) is 10.8 Å². The lowest BCUT2D eigenvalue weighted by Crippen LogP contribution is -2.31. The molecule has 0 radical (unpaired) electrons. The van der Waals surface area contributed by atoms with Crippen LogP contribution in [0.25, 0.3) is 11.4 Å². The van der Waals surface area contributed by atoms with Gasteiger partial charge in [-0.3, -0.25) is 4.99 Å². The summed E-state index contributed by atoms with van der Waals surface area (Å²) in [6, 6.07) is 5.69. The molecule has 2 N–H and O–H groups in total. The molecule has 2 aromatic rings. The van der Waals surface area contributed by atoms with Crippen molar-refractivity contribution >= 4 is 24.1 Å². The minimum Gasteiger partial charge on any atom is -0.491 e. The summed E-state index contributed by atoms with van der Waals surface area (Å²) in [7, 11) is 1.33. The van der Waals surface area contributed by atoms with E-state index >= 15 is 0 Å². The van der Waals surface area contributed by atoms with Gasteiger partial charge < -0.3 is 24.9 Å². The zero-order valence-electron chi connectivity index (χ0n) is 17.0. The zero-order chi connectivity index (χ0) is 21.2. The molecule has 0 aliphatic carbocycles. The fourth-order valence-corrected chi connectivity index (χ4v) is 3.08. The van der Waals surface area contributed by atoms with Crippen molar-refractivity contribution < 1.29 is 14.3 Å². The molecule has 0 amide bonds. The average Bonchev–Trinajstić information content (AvgIpc) is 3.05. The van der Waals surface area contributed by atoms with Crippen LogP contribution in [0.3, 0.4) is 0 Å². The molecule has 0 fully saturated rings. The smallest absolute Gasteiger partial charge is 0.333 e. The molecule has 0 spiro atoms. The monoisotopic (exact) mass is 395 g/mol. The first-order valence-corrected chi connectivity index (χ1v) is 9.31. The SMILES string of the molecule is COC(=O)C(C)(C)N=CC(C=N)c1ccc2c(c1)OCCn1cc(C(C)=N)nc1-2. The molecular weight excluding hydrogens is 370 g/mol. The van der Waals surface area contributed by atoms with Gasteiger partial charge in [-0.1, -0.05) is 6.07 Å². The maximum absolute atomic E-state index is 11.8. The number of carbonyl (C=O) groups is 1. The highest BCUT2D eigenvalue weighted by Crippen LogP contribution is 2.34. The van der Waals surface area contributed by atoms with E-state index in [2.05, 4.69) is 9.98 Å². The Morgan fingerprint density at radius 1 is 1.45 bits per heavy atom. The highest BCUT2D eigenvalue weighted by atomic mass is 16.5. The number of hydrogen-bond acceptors (Lipinski definition) is 7. The first-order valence-electron chi connectivity index (χ1n) is 9.31. The molecule has 1 aromatic heterocycles. The standard InChI is InChI=1S/C21H25N5O3/c1-13(23)17-12-26-7-8-29-18-9-14(5-6-16(18)19(26)25-17)15(10-22)11-24-21(2,3)20(27)28-4/h5-6,9-12,15,22-23H,7-8H2,1-4H3. The van der Waals surface area contributed by atoms with Gasteiger partial charge in [0.15, 0.2) is 5.54 Å². The molecule has 0 bridgehead atoms. The average molecular weight is 395 g/mol. The molecule has 8 heteroatoms. The van der Waals surface area contributed by atoms with E-state index in [1.807, 2.05) is 29.0 Å². The molecule has 1 atom stereocenters. The number of imidazole rings is 1. The van der Waals surface area contributed by atoms with Crippen LogP contribution in [0.5, 0.6) is 5.75 Å². The predicted octanol–water partition coefficient (Wildman–Crippen LogP) is 3.09. The number of methoxy groups -OCH3 is 1. The fourth-order valence-electron chi connectivity index (χ4n) is 3.08. The summed E-state index contributed by atoms with van der Waals surface area (Å²) >= 11 is 0. The number of ether oxygens (including phenoxy) is 2. The number of nitrogens with zero attached hydrogens (tertiary/aromatic N) is 3. The van der Waals surface area contributed by atoms with E-state index in [0.717, 1.165) is 17.0 Å². The van der Waals surface area contributed by atoms with Gasteiger partial charge in [0.1, 0.15) is 23.9 Å². The maximum atomic E-state index is 11.8. The normalized spacial score (nSPS) is 14.3. The molecule has 29 heavy (non-hydrogen) atoms. The van der Waals surface area contributed by atoms with E-state index in [9.17, 15) is 4.79 Å². The highest BCUT2D eigenvalue weighted by molar-refractivity contribution is 5.95. The number of esters is 1. The van der Waals surface area contributed by atoms with E-state index in [-0.39, 0.29) is 0 Å². The summed E-state index contributed by atoms with van der Waals surface area (Å²) in [5.41, 5.74) is 1.70. The maximum Gasteiger partial charge on any atom is 0.333 e. The summed E-state index contributed by atoms with van der Waals surface area (Å²) in [6.45, 7) is 6.17. The van der Waals surface area contributed by atoms with E-state index in [4.69, 9.17) is 20.3 Å². The van der Waals surface area contributed by atoms with Crippen LogP contribution < -0.4 is 4.74 Å². The van der Waals surface area contributed by atoms with Crippen LogP contribution in [-0.2, 0) is 16.1 Å². The lowest BCUT2D eigenvalue weighted by Gasteiger charge is -2.17. The Morgan fingerprint density at radius 2 is 2.21 bits per heavy atom. The third kappa shape index (κ3) is 4.11. The van der Waals surface area contributed by atoms with E-state index in [1.54, 1.807) is 27.0 Å². The van der Waals surface area contributed by atoms with Crippen LogP contribution in [0.4, 0.5) is 0 Å². The summed E-state index contributed by atoms with van der Waals surface area (Å²) < 4.78 is 12.7. The van der Waals surface area contributed by atoms with Crippen molar-refractivity contribution in [2.24, 2.45) is 4.99 Å². The Morgan fingerprint density at radius 3 is 2.86 bits per heavy atom. The number of aliphatic imine (C=N–C) groups is 1. The van der Waals surface area contributed by atoms with Crippen molar-refractivity contribution in [2.75, 3.05) is 13.7 Å². The van der Waals surface area contributed by atoms with Crippen molar-refractivity contribution in [3.05, 3.63) is 35.7 Å². The molecule has 152 valence electrons. The van der Waals surface area contributed by atoms with Gasteiger partial charge in [0, 0.05) is 18.6 Å². The van der Waals surface area contributed by atoms with Gasteiger partial charge in [0.05, 0.1) is 30.8 Å². The number of hydrogen-bond donors (Lipinski definition) is 2. The third-order valence-electron chi connectivity index (χ3n) is 4.80. The fraction of sp³-hybridized carbons (Fsp3) is 0.381. The van der Waals surface area contributed by atoms with Crippen molar-refractivity contribution in [3.63, 3.8) is 0 Å². The lowest BCUT2D eigenvalue weighted by atomic mass is 9.98. The molecule has 3 rings (SSSR count). The first kappa shape index (κ1) is 20.4. The summed E-state index contributed by atoms with van der Waals surface area (Å²) in [6.07, 6.45) is 4.72. The predicted molar refractivity (Wildman–Crippen MR) is 112 cm³/mol. The quantitative estimate of drug-likeness (QED) is 0.578. The van der Waals surface area contributed by atoms with Crippen LogP contribution in [0.1, 0.15) is 37.9 Å². The number of nitrogens with one attached hydrogen (secondary N) is 2. The van der Waals surface area contributed by atoms with Gasteiger partial charge in [0.2, 0.25) is 0 Å². The molecule has 0 saturated heterocycles. The van der Waals surface area contributed by atoms with Crippen LogP contribution in [-0.4, -0.2) is 52.9 Å². The summed E-state index contributed by atoms with van der Waals surface area (Å²) in [5, 5.41) is 15.6. The van der Waals surface area contributed by atoms with Gasteiger partial charge in [-0.15, -0.1) is 0 Å². The minimum atomic E-state index is -1.02. The Kier molecular flexibility index (Phi) is 5.63. The molecule has 2 heterocycles. The molecule has 1 aliphatic heterocycles. The van der Waals surface area contributed by atoms with Crippen molar-refractivity contribution in [3.8, 4) is 17.1 Å². The molecule has 1 unspecified atom stereocenters. The van der Waals surface area contributed by atoms with Crippen LogP contribution in [0.15, 0.2) is 29.4 Å². The van der Waals surface area contributed by atoms with E-state index in [1.165, 1.54) is 13.3 Å². The van der Waals surface area contributed by atoms with Gasteiger partial charge in [-0.2, -0.15) is 0 Å².